The lowest BCUT2D eigenvalue weighted by molar-refractivity contribution is -0.135. The van der Waals surface area contributed by atoms with Gasteiger partial charge in [0.15, 0.2) is 0 Å². The summed E-state index contributed by atoms with van der Waals surface area (Å²) < 4.78 is 4.14. The number of hydrogen-bond acceptors (Lipinski definition) is 6. The molecule has 0 saturated heterocycles. The molecule has 0 aromatic carbocycles. The SMILES string of the molecule is C=C(C)C(=O)O.C=C(C)C(=O)O.C=CC(=O)OC.OCCO. The van der Waals surface area contributed by atoms with Crippen LogP contribution in [-0.2, 0) is 19.1 Å². The van der Waals surface area contributed by atoms with Gasteiger partial charge in [-0.3, -0.25) is 0 Å². The summed E-state index contributed by atoms with van der Waals surface area (Å²) in [5, 5.41) is 31.0. The molecule has 0 radical (unpaired) electrons. The standard InChI is InChI=1S/3C4H6O2.C2H6O2/c1-3-4(5)6-2;2*1-3(2)4(5)6;3-1-2-4/h3H,1H2,2H3;2*1H2,2H3,(H,5,6);3-4H,1-2H2. The van der Waals surface area contributed by atoms with Crippen LogP contribution in [-0.4, -0.2) is 58.7 Å². The number of aliphatic hydroxyl groups excluding tert-OH is 2. The molecule has 22 heavy (non-hydrogen) atoms. The van der Waals surface area contributed by atoms with E-state index in [4.69, 9.17) is 20.4 Å². The second kappa shape index (κ2) is 20.9. The normalized spacial score (nSPS) is 7.32. The molecule has 0 amide bonds. The van der Waals surface area contributed by atoms with Crippen LogP contribution in [0.5, 0.6) is 0 Å². The molecule has 0 aromatic heterocycles. The summed E-state index contributed by atoms with van der Waals surface area (Å²) in [5.74, 6) is -2.26. The molecule has 0 bridgehead atoms. The zero-order valence-electron chi connectivity index (χ0n) is 13.0. The van der Waals surface area contributed by atoms with Gasteiger partial charge in [0, 0.05) is 17.2 Å². The number of ether oxygens (including phenoxy) is 1. The van der Waals surface area contributed by atoms with Crippen molar-refractivity contribution in [3.63, 3.8) is 0 Å². The Labute approximate surface area is 129 Å². The van der Waals surface area contributed by atoms with Gasteiger partial charge in [0.1, 0.15) is 0 Å². The van der Waals surface area contributed by atoms with Gasteiger partial charge in [-0.2, -0.15) is 0 Å². The van der Waals surface area contributed by atoms with Crippen molar-refractivity contribution in [1.82, 2.24) is 0 Å². The zero-order chi connectivity index (χ0) is 18.7. The molecule has 0 aromatic rings. The predicted octanol–water partition coefficient (Wildman–Crippen LogP) is 0.611. The first-order valence-corrected chi connectivity index (χ1v) is 5.71. The van der Waals surface area contributed by atoms with Crippen LogP contribution in [0.25, 0.3) is 0 Å². The van der Waals surface area contributed by atoms with Crippen LogP contribution < -0.4 is 0 Å². The van der Waals surface area contributed by atoms with E-state index < -0.39 is 17.9 Å². The maximum atomic E-state index is 9.84. The second-order valence-corrected chi connectivity index (χ2v) is 3.35. The highest BCUT2D eigenvalue weighted by atomic mass is 16.5. The Morgan fingerprint density at radius 3 is 1.18 bits per heavy atom. The number of hydrogen-bond donors (Lipinski definition) is 4. The number of carboxylic acid groups (broad SMARTS) is 2. The highest BCUT2D eigenvalue weighted by Gasteiger charge is 1.90. The number of aliphatic carboxylic acids is 2. The molecule has 8 nitrogen and oxygen atoms in total. The maximum Gasteiger partial charge on any atom is 0.330 e. The molecule has 0 fully saturated rings. The monoisotopic (exact) mass is 320 g/mol. The Balaban J connectivity index is -0.0000000994. The molecule has 8 heteroatoms. The molecular weight excluding hydrogens is 296 g/mol. The van der Waals surface area contributed by atoms with Crippen LogP contribution in [0.4, 0.5) is 0 Å². The molecule has 4 N–H and O–H groups in total. The number of carbonyl (C=O) groups excluding carboxylic acids is 1. The minimum atomic E-state index is -0.935. The molecule has 0 aliphatic carbocycles. The third kappa shape index (κ3) is 43.2. The van der Waals surface area contributed by atoms with Crippen molar-refractivity contribution in [3.05, 3.63) is 37.0 Å². The van der Waals surface area contributed by atoms with E-state index in [1.807, 2.05) is 0 Å². The summed E-state index contributed by atoms with van der Waals surface area (Å²) in [5.41, 5.74) is 0.352. The molecule has 0 aliphatic rings. The fraction of sp³-hybridized carbons (Fsp3) is 0.357. The smallest absolute Gasteiger partial charge is 0.330 e. The van der Waals surface area contributed by atoms with Crippen LogP contribution in [0.1, 0.15) is 13.8 Å². The summed E-state index contributed by atoms with van der Waals surface area (Å²) >= 11 is 0. The Bertz CT molecular complexity index is 317. The Kier molecular flexibility index (Phi) is 26.4. The molecule has 0 heterocycles. The van der Waals surface area contributed by atoms with Gasteiger partial charge in [0.2, 0.25) is 0 Å². The van der Waals surface area contributed by atoms with Crippen molar-refractivity contribution in [3.8, 4) is 0 Å². The van der Waals surface area contributed by atoms with E-state index in [1.54, 1.807) is 0 Å². The highest BCUT2D eigenvalue weighted by Crippen LogP contribution is 1.81. The van der Waals surface area contributed by atoms with Crippen LogP contribution in [0.15, 0.2) is 37.0 Å². The summed E-state index contributed by atoms with van der Waals surface area (Å²) in [6.07, 6.45) is 1.11. The number of carbonyl (C=O) groups is 3. The summed E-state index contributed by atoms with van der Waals surface area (Å²) in [6, 6.07) is 0. The third-order valence-electron chi connectivity index (χ3n) is 1.20. The van der Waals surface area contributed by atoms with E-state index in [0.29, 0.717) is 0 Å². The van der Waals surface area contributed by atoms with Crippen LogP contribution in [0.2, 0.25) is 0 Å². The van der Waals surface area contributed by atoms with Crippen molar-refractivity contribution in [2.45, 2.75) is 13.8 Å². The molecule has 128 valence electrons. The topological polar surface area (TPSA) is 141 Å². The molecule has 0 atom stereocenters. The Morgan fingerprint density at radius 1 is 0.955 bits per heavy atom. The highest BCUT2D eigenvalue weighted by molar-refractivity contribution is 5.85. The Morgan fingerprint density at radius 2 is 1.18 bits per heavy atom. The van der Waals surface area contributed by atoms with E-state index in [0.717, 1.165) is 6.08 Å². The van der Waals surface area contributed by atoms with Crippen LogP contribution in [0, 0.1) is 0 Å². The quantitative estimate of drug-likeness (QED) is 0.436. The lowest BCUT2D eigenvalue weighted by Gasteiger charge is -1.83. The van der Waals surface area contributed by atoms with E-state index in [2.05, 4.69) is 24.5 Å². The summed E-state index contributed by atoms with van der Waals surface area (Å²) in [7, 11) is 1.31. The minimum absolute atomic E-state index is 0.125. The molecular formula is C14H24O8. The fourth-order valence-corrected chi connectivity index (χ4v) is 0.0833. The molecule has 0 aliphatic heterocycles. The first-order valence-electron chi connectivity index (χ1n) is 5.71. The van der Waals surface area contributed by atoms with E-state index in [1.165, 1.54) is 21.0 Å². The van der Waals surface area contributed by atoms with E-state index in [9.17, 15) is 14.4 Å². The Hall–Kier alpha value is -2.45. The lowest BCUT2D eigenvalue weighted by Crippen LogP contribution is -1.92. The van der Waals surface area contributed by atoms with Gasteiger partial charge >= 0.3 is 17.9 Å². The minimum Gasteiger partial charge on any atom is -0.478 e. The van der Waals surface area contributed by atoms with Gasteiger partial charge in [-0.05, 0) is 13.8 Å². The number of carboxylic acids is 2. The summed E-state index contributed by atoms with van der Waals surface area (Å²) in [4.78, 5) is 29.0. The van der Waals surface area contributed by atoms with E-state index >= 15 is 0 Å². The van der Waals surface area contributed by atoms with Crippen LogP contribution in [0.3, 0.4) is 0 Å². The first-order chi connectivity index (χ1) is 10.0. The average molecular weight is 320 g/mol. The predicted molar refractivity (Wildman–Crippen MR) is 81.3 cm³/mol. The van der Waals surface area contributed by atoms with Gasteiger partial charge in [0.05, 0.1) is 20.3 Å². The van der Waals surface area contributed by atoms with Gasteiger partial charge in [-0.15, -0.1) is 0 Å². The fourth-order valence-electron chi connectivity index (χ4n) is 0.0833. The molecule has 0 saturated carbocycles. The van der Waals surface area contributed by atoms with Gasteiger partial charge in [-0.25, -0.2) is 14.4 Å². The molecule has 0 spiro atoms. The summed E-state index contributed by atoms with van der Waals surface area (Å²) in [6.45, 7) is 12.1. The van der Waals surface area contributed by atoms with Crippen molar-refractivity contribution in [2.24, 2.45) is 0 Å². The van der Waals surface area contributed by atoms with Gasteiger partial charge < -0.3 is 25.2 Å². The average Bonchev–Trinajstić information content (AvgIpc) is 2.47. The third-order valence-corrected chi connectivity index (χ3v) is 1.20. The van der Waals surface area contributed by atoms with Gasteiger partial charge in [0.25, 0.3) is 0 Å². The van der Waals surface area contributed by atoms with Crippen LogP contribution >= 0.6 is 0 Å². The number of methoxy groups -OCH3 is 1. The van der Waals surface area contributed by atoms with Crippen molar-refractivity contribution < 1.29 is 39.5 Å². The van der Waals surface area contributed by atoms with E-state index in [-0.39, 0.29) is 24.4 Å². The molecule has 0 rings (SSSR count). The second-order valence-electron chi connectivity index (χ2n) is 3.35. The van der Waals surface area contributed by atoms with Crippen molar-refractivity contribution >= 4 is 17.9 Å². The van der Waals surface area contributed by atoms with Crippen molar-refractivity contribution in [2.75, 3.05) is 20.3 Å². The van der Waals surface area contributed by atoms with Gasteiger partial charge in [-0.1, -0.05) is 19.7 Å². The number of aliphatic hydroxyl groups is 2. The lowest BCUT2D eigenvalue weighted by atomic mass is 10.4. The van der Waals surface area contributed by atoms with Crippen molar-refractivity contribution in [1.29, 1.82) is 0 Å². The first kappa shape index (κ1) is 27.8. The maximum absolute atomic E-state index is 9.84. The zero-order valence-corrected chi connectivity index (χ0v) is 13.0. The largest absolute Gasteiger partial charge is 0.478 e. The number of esters is 1. The number of rotatable bonds is 4. The molecule has 0 unspecified atom stereocenters.